The summed E-state index contributed by atoms with van der Waals surface area (Å²) >= 11 is 0. The van der Waals surface area contributed by atoms with E-state index >= 15 is 0 Å². The minimum Gasteiger partial charge on any atom is -0.481 e. The monoisotopic (exact) mass is 334 g/mol. The second-order valence-electron chi connectivity index (χ2n) is 6.44. The molecule has 1 saturated heterocycles. The predicted octanol–water partition coefficient (Wildman–Crippen LogP) is 3.47. The number of aromatic nitrogens is 1. The van der Waals surface area contributed by atoms with Crippen molar-refractivity contribution in [2.75, 3.05) is 6.54 Å². The summed E-state index contributed by atoms with van der Waals surface area (Å²) in [6, 6.07) is 13.4. The van der Waals surface area contributed by atoms with Crippen LogP contribution in [0.4, 0.5) is 0 Å². The molecular formula is C20H18N2O3. The van der Waals surface area contributed by atoms with Crippen LogP contribution in [0.15, 0.2) is 48.7 Å². The van der Waals surface area contributed by atoms with Gasteiger partial charge in [-0.25, -0.2) is 0 Å². The van der Waals surface area contributed by atoms with Gasteiger partial charge in [0.1, 0.15) is 0 Å². The normalized spacial score (nSPS) is 17.3. The molecule has 2 aromatic carbocycles. The number of amides is 1. The molecule has 0 saturated carbocycles. The Morgan fingerprint density at radius 3 is 2.80 bits per heavy atom. The van der Waals surface area contributed by atoms with Gasteiger partial charge in [-0.15, -0.1) is 0 Å². The summed E-state index contributed by atoms with van der Waals surface area (Å²) in [5.41, 5.74) is 1.22. The van der Waals surface area contributed by atoms with Crippen LogP contribution in [0, 0.1) is 0 Å². The Balaban J connectivity index is 1.85. The number of nitrogens with zero attached hydrogens (tertiary/aromatic N) is 2. The molecule has 1 atom stereocenters. The lowest BCUT2D eigenvalue weighted by molar-refractivity contribution is -0.137. The number of carbonyl (C=O) groups is 2. The third-order valence-electron chi connectivity index (χ3n) is 4.89. The highest BCUT2D eigenvalue weighted by atomic mass is 16.4. The number of hydrogen-bond donors (Lipinski definition) is 1. The van der Waals surface area contributed by atoms with Gasteiger partial charge in [-0.1, -0.05) is 30.3 Å². The van der Waals surface area contributed by atoms with Crippen LogP contribution in [0.2, 0.25) is 0 Å². The topological polar surface area (TPSA) is 70.5 Å². The van der Waals surface area contributed by atoms with Crippen LogP contribution in [0.3, 0.4) is 0 Å². The molecule has 0 spiro atoms. The first-order valence-electron chi connectivity index (χ1n) is 8.44. The van der Waals surface area contributed by atoms with E-state index in [1.807, 2.05) is 42.5 Å². The van der Waals surface area contributed by atoms with Crippen molar-refractivity contribution in [3.63, 3.8) is 0 Å². The van der Waals surface area contributed by atoms with Gasteiger partial charge in [0.15, 0.2) is 0 Å². The first-order chi connectivity index (χ1) is 12.1. The molecule has 5 heteroatoms. The molecule has 5 nitrogen and oxygen atoms in total. The van der Waals surface area contributed by atoms with Crippen molar-refractivity contribution in [1.29, 1.82) is 0 Å². The zero-order chi connectivity index (χ0) is 17.4. The second-order valence-corrected chi connectivity index (χ2v) is 6.44. The fourth-order valence-electron chi connectivity index (χ4n) is 3.76. The van der Waals surface area contributed by atoms with Crippen molar-refractivity contribution >= 4 is 33.6 Å². The summed E-state index contributed by atoms with van der Waals surface area (Å²) in [6.07, 6.45) is 3.25. The fourth-order valence-corrected chi connectivity index (χ4v) is 3.76. The van der Waals surface area contributed by atoms with Crippen molar-refractivity contribution in [2.45, 2.75) is 25.3 Å². The van der Waals surface area contributed by atoms with Crippen molar-refractivity contribution < 1.29 is 14.7 Å². The van der Waals surface area contributed by atoms with E-state index < -0.39 is 5.97 Å². The van der Waals surface area contributed by atoms with Crippen LogP contribution in [0.1, 0.15) is 29.6 Å². The summed E-state index contributed by atoms with van der Waals surface area (Å²) in [5.74, 6) is -0.996. The lowest BCUT2D eigenvalue weighted by atomic mass is 9.99. The number of fused-ring (bicyclic) bond motifs is 3. The number of carboxylic acids is 1. The molecule has 1 aromatic heterocycles. The van der Waals surface area contributed by atoms with Crippen molar-refractivity contribution in [3.8, 4) is 0 Å². The molecule has 1 amide bonds. The predicted molar refractivity (Wildman–Crippen MR) is 95.6 cm³/mol. The Kier molecular flexibility index (Phi) is 3.84. The van der Waals surface area contributed by atoms with E-state index in [1.54, 1.807) is 11.1 Å². The molecule has 25 heavy (non-hydrogen) atoms. The Hall–Kier alpha value is -2.95. The molecule has 3 aromatic rings. The quantitative estimate of drug-likeness (QED) is 0.745. The van der Waals surface area contributed by atoms with E-state index in [1.165, 1.54) is 0 Å². The minimum atomic E-state index is -0.869. The average molecular weight is 334 g/mol. The highest BCUT2D eigenvalue weighted by molar-refractivity contribution is 6.15. The first kappa shape index (κ1) is 15.6. The van der Waals surface area contributed by atoms with Gasteiger partial charge in [-0.05, 0) is 35.7 Å². The molecule has 1 N–H and O–H groups in total. The van der Waals surface area contributed by atoms with Gasteiger partial charge in [-0.2, -0.15) is 0 Å². The van der Waals surface area contributed by atoms with Crippen molar-refractivity contribution in [1.82, 2.24) is 9.88 Å². The van der Waals surface area contributed by atoms with E-state index in [0.29, 0.717) is 17.6 Å². The molecule has 0 bridgehead atoms. The van der Waals surface area contributed by atoms with Crippen LogP contribution >= 0.6 is 0 Å². The third kappa shape index (κ3) is 2.71. The Labute approximate surface area is 144 Å². The zero-order valence-electron chi connectivity index (χ0n) is 13.7. The summed E-state index contributed by atoms with van der Waals surface area (Å²) < 4.78 is 0. The molecule has 126 valence electrons. The van der Waals surface area contributed by atoms with E-state index in [-0.39, 0.29) is 18.4 Å². The van der Waals surface area contributed by atoms with Crippen LogP contribution in [0.5, 0.6) is 0 Å². The summed E-state index contributed by atoms with van der Waals surface area (Å²) in [6.45, 7) is 0.595. The molecule has 2 heterocycles. The fraction of sp³-hybridized carbons (Fsp3) is 0.250. The first-order valence-corrected chi connectivity index (χ1v) is 8.44. The SMILES string of the molecule is O=C(O)CC1CCCN1C(=O)c1cc2ccccc2c2cccnc12. The van der Waals surface area contributed by atoms with Crippen LogP contribution in [-0.2, 0) is 4.79 Å². The standard InChI is InChI=1S/C20H18N2O3/c23-18(24)12-14-6-4-10-22(14)20(25)17-11-13-5-1-2-7-15(13)16-8-3-9-21-19(16)17/h1-3,5,7-9,11,14H,4,6,10,12H2,(H,23,24). The summed E-state index contributed by atoms with van der Waals surface area (Å²) in [7, 11) is 0. The smallest absolute Gasteiger partial charge is 0.305 e. The van der Waals surface area contributed by atoms with Crippen molar-refractivity contribution in [3.05, 3.63) is 54.2 Å². The second kappa shape index (κ2) is 6.16. The van der Waals surface area contributed by atoms with Crippen LogP contribution in [0.25, 0.3) is 21.7 Å². The van der Waals surface area contributed by atoms with E-state index in [2.05, 4.69) is 4.98 Å². The maximum absolute atomic E-state index is 13.2. The maximum Gasteiger partial charge on any atom is 0.305 e. The number of aliphatic carboxylic acids is 1. The average Bonchev–Trinajstić information content (AvgIpc) is 3.08. The van der Waals surface area contributed by atoms with Crippen LogP contribution < -0.4 is 0 Å². The van der Waals surface area contributed by atoms with Gasteiger partial charge in [-0.3, -0.25) is 14.6 Å². The number of likely N-dealkylation sites (tertiary alicyclic amines) is 1. The Bertz CT molecular complexity index is 983. The van der Waals surface area contributed by atoms with Gasteiger partial charge >= 0.3 is 5.97 Å². The largest absolute Gasteiger partial charge is 0.481 e. The highest BCUT2D eigenvalue weighted by Crippen LogP contribution is 2.30. The molecule has 1 aliphatic heterocycles. The van der Waals surface area contributed by atoms with Crippen LogP contribution in [-0.4, -0.2) is 39.5 Å². The molecule has 4 rings (SSSR count). The molecule has 1 fully saturated rings. The molecule has 0 radical (unpaired) electrons. The molecule has 0 aliphatic carbocycles. The zero-order valence-corrected chi connectivity index (χ0v) is 13.7. The highest BCUT2D eigenvalue weighted by Gasteiger charge is 2.32. The Morgan fingerprint density at radius 2 is 1.96 bits per heavy atom. The van der Waals surface area contributed by atoms with Crippen molar-refractivity contribution in [2.24, 2.45) is 0 Å². The minimum absolute atomic E-state index is 0.00924. The number of pyridine rings is 1. The van der Waals surface area contributed by atoms with E-state index in [0.717, 1.165) is 29.0 Å². The number of hydrogen-bond acceptors (Lipinski definition) is 3. The van der Waals surface area contributed by atoms with Gasteiger partial charge in [0.05, 0.1) is 17.5 Å². The molecule has 1 unspecified atom stereocenters. The lowest BCUT2D eigenvalue weighted by Crippen LogP contribution is -2.37. The van der Waals surface area contributed by atoms with Gasteiger partial charge in [0.2, 0.25) is 0 Å². The third-order valence-corrected chi connectivity index (χ3v) is 4.89. The number of carbonyl (C=O) groups excluding carboxylic acids is 1. The summed E-state index contributed by atoms with van der Waals surface area (Å²) in [4.78, 5) is 30.4. The number of benzene rings is 2. The lowest BCUT2D eigenvalue weighted by Gasteiger charge is -2.24. The Morgan fingerprint density at radius 1 is 1.16 bits per heavy atom. The van der Waals surface area contributed by atoms with Gasteiger partial charge < -0.3 is 10.0 Å². The molecular weight excluding hydrogens is 316 g/mol. The van der Waals surface area contributed by atoms with E-state index in [4.69, 9.17) is 5.11 Å². The maximum atomic E-state index is 13.2. The number of rotatable bonds is 3. The summed E-state index contributed by atoms with van der Waals surface area (Å²) in [5, 5.41) is 12.1. The number of carboxylic acid groups (broad SMARTS) is 1. The molecule has 1 aliphatic rings. The van der Waals surface area contributed by atoms with Gasteiger partial charge in [0, 0.05) is 24.2 Å². The van der Waals surface area contributed by atoms with E-state index in [9.17, 15) is 9.59 Å². The van der Waals surface area contributed by atoms with Gasteiger partial charge in [0.25, 0.3) is 5.91 Å².